The van der Waals surface area contributed by atoms with Crippen molar-refractivity contribution in [2.75, 3.05) is 58.0 Å². The van der Waals surface area contributed by atoms with E-state index in [1.165, 1.54) is 0 Å². The average molecular weight is 290 g/mol. The molecule has 1 fully saturated rings. The highest BCUT2D eigenvalue weighted by Gasteiger charge is 2.22. The van der Waals surface area contributed by atoms with Crippen molar-refractivity contribution in [1.29, 1.82) is 0 Å². The van der Waals surface area contributed by atoms with Crippen LogP contribution in [0.1, 0.15) is 0 Å². The van der Waals surface area contributed by atoms with E-state index in [0.717, 1.165) is 37.5 Å². The lowest BCUT2D eigenvalue weighted by Gasteiger charge is -2.37. The molecule has 3 heterocycles. The van der Waals surface area contributed by atoms with Crippen molar-refractivity contribution in [3.8, 4) is 0 Å². The molecule has 1 unspecified atom stereocenters. The van der Waals surface area contributed by atoms with Gasteiger partial charge >= 0.3 is 0 Å². The number of rotatable bonds is 4. The average Bonchev–Trinajstić information content (AvgIpc) is 2.96. The molecule has 1 atom stereocenters. The van der Waals surface area contributed by atoms with E-state index in [1.807, 2.05) is 7.05 Å². The highest BCUT2D eigenvalue weighted by molar-refractivity contribution is 5.83. The number of fused-ring (bicyclic) bond motifs is 1. The minimum absolute atomic E-state index is 0.467. The Labute approximate surface area is 124 Å². The number of hydrogen-bond donors (Lipinski definition) is 3. The molecule has 21 heavy (non-hydrogen) atoms. The van der Waals surface area contributed by atoms with E-state index in [0.29, 0.717) is 17.6 Å². The van der Waals surface area contributed by atoms with Crippen LogP contribution in [0.2, 0.25) is 0 Å². The predicted octanol–water partition coefficient (Wildman–Crippen LogP) is 0.0523. The van der Waals surface area contributed by atoms with E-state index in [4.69, 9.17) is 0 Å². The minimum atomic E-state index is 0.467. The van der Waals surface area contributed by atoms with Crippen LogP contribution in [0.4, 0.5) is 11.8 Å². The van der Waals surface area contributed by atoms with E-state index in [9.17, 15) is 0 Å². The van der Waals surface area contributed by atoms with Gasteiger partial charge in [0.1, 0.15) is 5.52 Å². The zero-order valence-electron chi connectivity index (χ0n) is 12.7. The molecular weight excluding hydrogens is 268 g/mol. The first kappa shape index (κ1) is 14.0. The quantitative estimate of drug-likeness (QED) is 0.734. The normalized spacial score (nSPS) is 20.8. The molecule has 0 aliphatic carbocycles. The van der Waals surface area contributed by atoms with Gasteiger partial charge in [-0.25, -0.2) is 4.98 Å². The Balaban J connectivity index is 1.76. The number of anilines is 2. The lowest BCUT2D eigenvalue weighted by molar-refractivity contribution is 0.122. The molecule has 3 rings (SSSR count). The van der Waals surface area contributed by atoms with Crippen LogP contribution >= 0.6 is 0 Å². The largest absolute Gasteiger partial charge is 0.366 e. The molecule has 0 bridgehead atoms. The molecule has 1 aliphatic rings. The fraction of sp³-hybridized carbons (Fsp3) is 0.615. The number of piperazine rings is 1. The first-order valence-electron chi connectivity index (χ1n) is 7.19. The first-order chi connectivity index (χ1) is 10.2. The second-order valence-corrected chi connectivity index (χ2v) is 5.52. The molecule has 0 amide bonds. The minimum Gasteiger partial charge on any atom is -0.366 e. The SMILES string of the molecule is CNc1nc(NCC2CN(C)CCN2C)c2[nH]cnc2n1. The van der Waals surface area contributed by atoms with Crippen LogP contribution in [-0.2, 0) is 0 Å². The number of imidazole rings is 1. The summed E-state index contributed by atoms with van der Waals surface area (Å²) in [4.78, 5) is 20.8. The van der Waals surface area contributed by atoms with E-state index in [-0.39, 0.29) is 0 Å². The lowest BCUT2D eigenvalue weighted by Crippen LogP contribution is -2.52. The Morgan fingerprint density at radius 3 is 3.00 bits per heavy atom. The van der Waals surface area contributed by atoms with Gasteiger partial charge in [0.15, 0.2) is 11.5 Å². The number of H-pyrrole nitrogens is 1. The summed E-state index contributed by atoms with van der Waals surface area (Å²) in [5.41, 5.74) is 1.52. The first-order valence-corrected chi connectivity index (χ1v) is 7.19. The van der Waals surface area contributed by atoms with Crippen LogP contribution in [0.5, 0.6) is 0 Å². The van der Waals surface area contributed by atoms with Crippen molar-refractivity contribution in [3.05, 3.63) is 6.33 Å². The van der Waals surface area contributed by atoms with Crippen molar-refractivity contribution in [2.24, 2.45) is 0 Å². The zero-order chi connectivity index (χ0) is 14.8. The Kier molecular flexibility index (Phi) is 3.89. The Bertz CT molecular complexity index is 609. The predicted molar refractivity (Wildman–Crippen MR) is 83.6 cm³/mol. The Morgan fingerprint density at radius 1 is 1.33 bits per heavy atom. The highest BCUT2D eigenvalue weighted by atomic mass is 15.3. The van der Waals surface area contributed by atoms with Crippen molar-refractivity contribution in [1.82, 2.24) is 29.7 Å². The lowest BCUT2D eigenvalue weighted by atomic mass is 10.2. The fourth-order valence-corrected chi connectivity index (χ4v) is 2.61. The summed E-state index contributed by atoms with van der Waals surface area (Å²) in [6.45, 7) is 4.11. The Hall–Kier alpha value is -1.93. The number of likely N-dealkylation sites (N-methyl/N-ethyl adjacent to an activating group) is 2. The molecule has 0 saturated carbocycles. The highest BCUT2D eigenvalue weighted by Crippen LogP contribution is 2.18. The molecule has 1 aliphatic heterocycles. The van der Waals surface area contributed by atoms with Gasteiger partial charge < -0.3 is 20.5 Å². The maximum absolute atomic E-state index is 4.48. The molecule has 8 heteroatoms. The van der Waals surface area contributed by atoms with Crippen molar-refractivity contribution in [3.63, 3.8) is 0 Å². The number of nitrogens with one attached hydrogen (secondary N) is 3. The third-order valence-electron chi connectivity index (χ3n) is 3.99. The zero-order valence-corrected chi connectivity index (χ0v) is 12.7. The van der Waals surface area contributed by atoms with Gasteiger partial charge in [-0.1, -0.05) is 0 Å². The van der Waals surface area contributed by atoms with E-state index < -0.39 is 0 Å². The summed E-state index contributed by atoms with van der Waals surface area (Å²) in [7, 11) is 6.14. The van der Waals surface area contributed by atoms with Gasteiger partial charge in [0.05, 0.1) is 6.33 Å². The smallest absolute Gasteiger partial charge is 0.226 e. The van der Waals surface area contributed by atoms with E-state index in [1.54, 1.807) is 6.33 Å². The van der Waals surface area contributed by atoms with Crippen LogP contribution in [-0.4, -0.2) is 83.1 Å². The van der Waals surface area contributed by atoms with Crippen LogP contribution in [0.25, 0.3) is 11.2 Å². The van der Waals surface area contributed by atoms with Gasteiger partial charge in [-0.2, -0.15) is 9.97 Å². The molecule has 0 aromatic carbocycles. The van der Waals surface area contributed by atoms with Crippen LogP contribution in [0, 0.1) is 0 Å². The molecule has 2 aromatic heterocycles. The van der Waals surface area contributed by atoms with Crippen LogP contribution in [0.3, 0.4) is 0 Å². The molecule has 114 valence electrons. The molecule has 2 aromatic rings. The number of aromatic amines is 1. The van der Waals surface area contributed by atoms with Gasteiger partial charge in [-0.3, -0.25) is 4.90 Å². The summed E-state index contributed by atoms with van der Waals surface area (Å²) < 4.78 is 0. The van der Waals surface area contributed by atoms with Crippen LogP contribution in [0.15, 0.2) is 6.33 Å². The van der Waals surface area contributed by atoms with Gasteiger partial charge in [-0.15, -0.1) is 0 Å². The van der Waals surface area contributed by atoms with Gasteiger partial charge in [-0.05, 0) is 14.1 Å². The number of nitrogens with zero attached hydrogens (tertiary/aromatic N) is 5. The van der Waals surface area contributed by atoms with Gasteiger partial charge in [0, 0.05) is 39.3 Å². The standard InChI is InChI=1S/C13H22N8/c1-14-13-18-11(10-12(19-13)17-8-16-10)15-6-9-7-20(2)4-5-21(9)3/h8-9H,4-7H2,1-3H3,(H3,14,15,16,17,18,19). The summed E-state index contributed by atoms with van der Waals surface area (Å²) >= 11 is 0. The number of aromatic nitrogens is 4. The fourth-order valence-electron chi connectivity index (χ4n) is 2.61. The monoisotopic (exact) mass is 290 g/mol. The Morgan fingerprint density at radius 2 is 2.19 bits per heavy atom. The molecule has 3 N–H and O–H groups in total. The molecule has 0 radical (unpaired) electrons. The van der Waals surface area contributed by atoms with Crippen molar-refractivity contribution in [2.45, 2.75) is 6.04 Å². The van der Waals surface area contributed by atoms with Gasteiger partial charge in [0.2, 0.25) is 5.95 Å². The second kappa shape index (κ2) is 5.82. The summed E-state index contributed by atoms with van der Waals surface area (Å²) in [5.74, 6) is 1.37. The van der Waals surface area contributed by atoms with Crippen molar-refractivity contribution < 1.29 is 0 Å². The molecule has 0 spiro atoms. The third kappa shape index (κ3) is 2.91. The number of hydrogen-bond acceptors (Lipinski definition) is 7. The summed E-state index contributed by atoms with van der Waals surface area (Å²) in [6, 6.07) is 0.467. The third-order valence-corrected chi connectivity index (χ3v) is 3.99. The van der Waals surface area contributed by atoms with Crippen molar-refractivity contribution >= 4 is 22.9 Å². The summed E-state index contributed by atoms with van der Waals surface area (Å²) in [6.07, 6.45) is 1.64. The topological polar surface area (TPSA) is 85.0 Å². The molecular formula is C13H22N8. The van der Waals surface area contributed by atoms with E-state index in [2.05, 4.69) is 54.5 Å². The molecule has 8 nitrogen and oxygen atoms in total. The maximum atomic E-state index is 4.48. The van der Waals surface area contributed by atoms with Crippen LogP contribution < -0.4 is 10.6 Å². The van der Waals surface area contributed by atoms with Gasteiger partial charge in [0.25, 0.3) is 0 Å². The second-order valence-electron chi connectivity index (χ2n) is 5.52. The summed E-state index contributed by atoms with van der Waals surface area (Å²) in [5, 5.41) is 6.41. The van der Waals surface area contributed by atoms with E-state index >= 15 is 0 Å². The molecule has 1 saturated heterocycles. The maximum Gasteiger partial charge on any atom is 0.226 e.